The number of carbonyl (C=O) groups excluding carboxylic acids is 1. The first-order chi connectivity index (χ1) is 19.8. The van der Waals surface area contributed by atoms with Gasteiger partial charge in [0.15, 0.2) is 0 Å². The molecule has 0 aliphatic heterocycles. The highest BCUT2D eigenvalue weighted by atomic mass is 32.2. The molecule has 10 heteroatoms. The number of thiocarbonyl (C=S) groups is 1. The van der Waals surface area contributed by atoms with E-state index in [4.69, 9.17) is 26.9 Å². The van der Waals surface area contributed by atoms with Crippen LogP contribution in [-0.4, -0.2) is 55.0 Å². The lowest BCUT2D eigenvalue weighted by Crippen LogP contribution is -2.36. The molecular formula is C31H34N4O4S2. The lowest BCUT2D eigenvalue weighted by molar-refractivity contribution is -0.123. The molecule has 1 heterocycles. The topological polar surface area (TPSA) is 101 Å². The Balaban J connectivity index is 1.34. The van der Waals surface area contributed by atoms with Crippen molar-refractivity contribution in [1.29, 1.82) is 0 Å². The van der Waals surface area contributed by atoms with Crippen LogP contribution in [0, 0.1) is 0 Å². The van der Waals surface area contributed by atoms with Gasteiger partial charge in [-0.2, -0.15) is 0 Å². The van der Waals surface area contributed by atoms with E-state index in [2.05, 4.69) is 18.7 Å². The molecule has 0 atom stereocenters. The first-order valence-electron chi connectivity index (χ1n) is 13.5. The summed E-state index contributed by atoms with van der Waals surface area (Å²) in [4.78, 5) is 24.5. The monoisotopic (exact) mass is 590 g/mol. The number of carbonyl (C=O) groups is 1. The van der Waals surface area contributed by atoms with Gasteiger partial charge in [0.05, 0.1) is 17.6 Å². The molecule has 1 amide bonds. The van der Waals surface area contributed by atoms with Gasteiger partial charge in [0.25, 0.3) is 15.9 Å². The zero-order valence-electron chi connectivity index (χ0n) is 23.2. The third kappa shape index (κ3) is 8.16. The van der Waals surface area contributed by atoms with Gasteiger partial charge >= 0.3 is 0 Å². The average molecular weight is 591 g/mol. The second kappa shape index (κ2) is 14.2. The quantitative estimate of drug-likeness (QED) is 0.206. The SMILES string of the molecule is CC(C)N(CCCCOCC(=O)NS(=O)(=O)C1=CC=CCC1=S)c1cnc(-c2ccccc2)c(-c2ccccc2)n1. The van der Waals surface area contributed by atoms with Crippen LogP contribution < -0.4 is 9.62 Å². The molecule has 214 valence electrons. The number of aromatic nitrogens is 2. The summed E-state index contributed by atoms with van der Waals surface area (Å²) in [6, 6.07) is 20.3. The van der Waals surface area contributed by atoms with E-state index in [0.29, 0.717) is 26.0 Å². The molecule has 0 bridgehead atoms. The molecule has 1 N–H and O–H groups in total. The maximum Gasteiger partial charge on any atom is 0.265 e. The molecule has 3 aromatic rings. The Morgan fingerprint density at radius 3 is 2.32 bits per heavy atom. The summed E-state index contributed by atoms with van der Waals surface area (Å²) in [5.74, 6) is 0.0584. The molecule has 1 aliphatic carbocycles. The fourth-order valence-corrected chi connectivity index (χ4v) is 6.01. The van der Waals surface area contributed by atoms with Crippen LogP contribution in [0.3, 0.4) is 0 Å². The number of ether oxygens (including phenoxy) is 1. The number of rotatable bonds is 13. The first-order valence-corrected chi connectivity index (χ1v) is 15.4. The summed E-state index contributed by atoms with van der Waals surface area (Å²) in [5, 5.41) is 0. The lowest BCUT2D eigenvalue weighted by Gasteiger charge is -2.28. The number of nitrogens with zero attached hydrogens (tertiary/aromatic N) is 3. The fourth-order valence-electron chi connectivity index (χ4n) is 4.41. The number of benzene rings is 2. The molecule has 2 aromatic carbocycles. The number of sulfonamides is 1. The van der Waals surface area contributed by atoms with Crippen molar-refractivity contribution in [3.8, 4) is 22.5 Å². The lowest BCUT2D eigenvalue weighted by atomic mass is 10.0. The second-order valence-electron chi connectivity index (χ2n) is 9.82. The Kier molecular flexibility index (Phi) is 10.5. The number of hydrogen-bond acceptors (Lipinski definition) is 8. The van der Waals surface area contributed by atoms with Gasteiger partial charge < -0.3 is 9.64 Å². The Labute approximate surface area is 247 Å². The minimum absolute atomic E-state index is 0.0487. The predicted octanol–water partition coefficient (Wildman–Crippen LogP) is 5.48. The zero-order valence-corrected chi connectivity index (χ0v) is 24.8. The van der Waals surface area contributed by atoms with Crippen molar-refractivity contribution in [1.82, 2.24) is 14.7 Å². The van der Waals surface area contributed by atoms with Crippen LogP contribution in [0.25, 0.3) is 22.5 Å². The van der Waals surface area contributed by atoms with Gasteiger partial charge in [0, 0.05) is 41.6 Å². The van der Waals surface area contributed by atoms with E-state index in [1.54, 1.807) is 12.2 Å². The molecule has 0 spiro atoms. The minimum Gasteiger partial charge on any atom is -0.372 e. The molecule has 1 aliphatic rings. The summed E-state index contributed by atoms with van der Waals surface area (Å²) >= 11 is 5.10. The van der Waals surface area contributed by atoms with Crippen LogP contribution in [0.5, 0.6) is 0 Å². The van der Waals surface area contributed by atoms with Crippen LogP contribution in [0.2, 0.25) is 0 Å². The summed E-state index contributed by atoms with van der Waals surface area (Å²) in [7, 11) is -4.01. The molecule has 41 heavy (non-hydrogen) atoms. The first kappa shape index (κ1) is 30.2. The summed E-state index contributed by atoms with van der Waals surface area (Å²) < 4.78 is 32.4. The van der Waals surface area contributed by atoms with Crippen LogP contribution in [0.15, 0.2) is 90.0 Å². The van der Waals surface area contributed by atoms with Crippen molar-refractivity contribution in [3.05, 3.63) is 90.0 Å². The van der Waals surface area contributed by atoms with E-state index >= 15 is 0 Å². The van der Waals surface area contributed by atoms with Crippen molar-refractivity contribution in [2.45, 2.75) is 39.2 Å². The van der Waals surface area contributed by atoms with Crippen molar-refractivity contribution in [2.75, 3.05) is 24.7 Å². The van der Waals surface area contributed by atoms with Crippen LogP contribution >= 0.6 is 12.2 Å². The van der Waals surface area contributed by atoms with Gasteiger partial charge in [0.2, 0.25) is 0 Å². The molecule has 0 saturated heterocycles. The standard InChI is InChI=1S/C31H34N4O4S2/c1-23(2)35(19-11-12-20-39-22-29(36)34-41(37,38)27-18-10-9-17-26(27)40)28-21-32-30(24-13-5-3-6-14-24)31(33-28)25-15-7-4-8-16-25/h3-10,13-16,18,21,23H,11-12,17,19-20,22H2,1-2H3,(H,34,36). The van der Waals surface area contributed by atoms with E-state index in [1.807, 2.05) is 71.6 Å². The molecule has 4 rings (SSSR count). The Bertz CT molecular complexity index is 1520. The molecule has 0 fully saturated rings. The van der Waals surface area contributed by atoms with E-state index in [0.717, 1.165) is 34.8 Å². The fraction of sp³-hybridized carbons (Fsp3) is 0.290. The van der Waals surface area contributed by atoms with Crippen molar-refractivity contribution in [3.63, 3.8) is 0 Å². The average Bonchev–Trinajstić information content (AvgIpc) is 2.97. The van der Waals surface area contributed by atoms with E-state index in [-0.39, 0.29) is 22.4 Å². The van der Waals surface area contributed by atoms with Gasteiger partial charge in [-0.25, -0.2) is 18.1 Å². The molecule has 8 nitrogen and oxygen atoms in total. The Hall–Kier alpha value is -3.73. The second-order valence-corrected chi connectivity index (χ2v) is 12.0. The zero-order chi connectivity index (χ0) is 29.2. The van der Waals surface area contributed by atoms with Gasteiger partial charge in [-0.15, -0.1) is 0 Å². The third-order valence-electron chi connectivity index (χ3n) is 6.44. The Morgan fingerprint density at radius 1 is 1.02 bits per heavy atom. The number of nitrogens with one attached hydrogen (secondary N) is 1. The normalized spacial score (nSPS) is 13.2. The predicted molar refractivity (Wildman–Crippen MR) is 167 cm³/mol. The summed E-state index contributed by atoms with van der Waals surface area (Å²) in [5.41, 5.74) is 3.66. The molecule has 0 saturated carbocycles. The van der Waals surface area contributed by atoms with E-state index in [1.165, 1.54) is 6.08 Å². The van der Waals surface area contributed by atoms with Crippen molar-refractivity contribution >= 4 is 38.8 Å². The molecule has 0 radical (unpaired) electrons. The number of amides is 1. The number of allylic oxidation sites excluding steroid dienone is 4. The highest BCUT2D eigenvalue weighted by Gasteiger charge is 2.24. The summed E-state index contributed by atoms with van der Waals surface area (Å²) in [6.07, 6.45) is 8.42. The van der Waals surface area contributed by atoms with Crippen molar-refractivity contribution in [2.24, 2.45) is 0 Å². The van der Waals surface area contributed by atoms with Crippen LogP contribution in [0.4, 0.5) is 5.82 Å². The highest BCUT2D eigenvalue weighted by Crippen LogP contribution is 2.31. The molecular weight excluding hydrogens is 556 g/mol. The third-order valence-corrected chi connectivity index (χ3v) is 8.42. The van der Waals surface area contributed by atoms with E-state index in [9.17, 15) is 13.2 Å². The van der Waals surface area contributed by atoms with Gasteiger partial charge in [-0.05, 0) is 32.8 Å². The maximum atomic E-state index is 12.4. The number of hydrogen-bond donors (Lipinski definition) is 1. The number of anilines is 1. The van der Waals surface area contributed by atoms with E-state index < -0.39 is 15.9 Å². The Morgan fingerprint density at radius 2 is 1.68 bits per heavy atom. The maximum absolute atomic E-state index is 12.4. The highest BCUT2D eigenvalue weighted by molar-refractivity contribution is 7.97. The van der Waals surface area contributed by atoms with Gasteiger partial charge in [-0.3, -0.25) is 9.78 Å². The molecule has 0 unspecified atom stereocenters. The largest absolute Gasteiger partial charge is 0.372 e. The van der Waals surface area contributed by atoms with Crippen LogP contribution in [0.1, 0.15) is 33.1 Å². The van der Waals surface area contributed by atoms with Gasteiger partial charge in [0.1, 0.15) is 17.3 Å². The smallest absolute Gasteiger partial charge is 0.265 e. The summed E-state index contributed by atoms with van der Waals surface area (Å²) in [6.45, 7) is 4.90. The van der Waals surface area contributed by atoms with Crippen molar-refractivity contribution < 1.29 is 17.9 Å². The number of unbranched alkanes of at least 4 members (excludes halogenated alkanes) is 1. The molecule has 1 aromatic heterocycles. The van der Waals surface area contributed by atoms with Crippen LogP contribution in [-0.2, 0) is 19.6 Å². The van der Waals surface area contributed by atoms with Gasteiger partial charge in [-0.1, -0.05) is 85.0 Å². The minimum atomic E-state index is -4.01.